The van der Waals surface area contributed by atoms with Crippen molar-refractivity contribution in [3.8, 4) is 0 Å². The zero-order valence-corrected chi connectivity index (χ0v) is 11.6. The molecule has 18 heavy (non-hydrogen) atoms. The van der Waals surface area contributed by atoms with Gasteiger partial charge < -0.3 is 18.9 Å². The van der Waals surface area contributed by atoms with E-state index in [2.05, 4.69) is 0 Å². The van der Waals surface area contributed by atoms with E-state index < -0.39 is 40.5 Å². The van der Waals surface area contributed by atoms with Crippen molar-refractivity contribution in [3.05, 3.63) is 0 Å². The third-order valence-corrected chi connectivity index (χ3v) is 3.37. The van der Waals surface area contributed by atoms with Crippen molar-refractivity contribution in [2.75, 3.05) is 20.0 Å². The van der Waals surface area contributed by atoms with E-state index in [4.69, 9.17) is 23.1 Å². The largest absolute Gasteiger partial charge is 0.353 e. The number of methoxy groups -OCH3 is 1. The van der Waals surface area contributed by atoms with Crippen LogP contribution >= 0.6 is 0 Å². The smallest absolute Gasteiger partial charge is 0.264 e. The molecule has 106 valence electrons. The number of fused-ring (bicyclic) bond motifs is 1. The van der Waals surface area contributed by atoms with Crippen LogP contribution in [0.1, 0.15) is 13.8 Å². The molecule has 0 spiro atoms. The van der Waals surface area contributed by atoms with E-state index in [0.717, 1.165) is 6.26 Å². The molecular formula is C10H18O7S. The van der Waals surface area contributed by atoms with E-state index >= 15 is 0 Å². The highest BCUT2D eigenvalue weighted by molar-refractivity contribution is 7.86. The maximum atomic E-state index is 11.3. The highest BCUT2D eigenvalue weighted by Crippen LogP contribution is 2.35. The summed E-state index contributed by atoms with van der Waals surface area (Å²) in [6, 6.07) is 0. The van der Waals surface area contributed by atoms with Gasteiger partial charge in [0.15, 0.2) is 18.2 Å². The van der Waals surface area contributed by atoms with Crippen LogP contribution in [-0.2, 0) is 33.2 Å². The maximum absolute atomic E-state index is 11.3. The van der Waals surface area contributed by atoms with Crippen LogP contribution in [0.15, 0.2) is 0 Å². The summed E-state index contributed by atoms with van der Waals surface area (Å²) in [6.07, 6.45) is -1.55. The fourth-order valence-electron chi connectivity index (χ4n) is 2.11. The molecule has 0 saturated carbocycles. The molecule has 8 heteroatoms. The van der Waals surface area contributed by atoms with Gasteiger partial charge in [-0.3, -0.25) is 4.18 Å². The van der Waals surface area contributed by atoms with Gasteiger partial charge in [-0.2, -0.15) is 8.42 Å². The Hall–Kier alpha value is -0.250. The molecule has 0 N–H and O–H groups in total. The first kappa shape index (κ1) is 14.2. The Balaban J connectivity index is 2.18. The highest BCUT2D eigenvalue weighted by Gasteiger charge is 2.53. The molecule has 2 saturated heterocycles. The van der Waals surface area contributed by atoms with Gasteiger partial charge in [-0.15, -0.1) is 0 Å². The Morgan fingerprint density at radius 3 is 2.56 bits per heavy atom. The van der Waals surface area contributed by atoms with Gasteiger partial charge in [0.25, 0.3) is 10.1 Å². The van der Waals surface area contributed by atoms with Crippen LogP contribution in [0, 0.1) is 0 Å². The van der Waals surface area contributed by atoms with E-state index in [1.54, 1.807) is 13.8 Å². The van der Waals surface area contributed by atoms with Crippen LogP contribution < -0.4 is 0 Å². The first-order chi connectivity index (χ1) is 8.22. The molecular weight excluding hydrogens is 264 g/mol. The second-order valence-electron chi connectivity index (χ2n) is 4.84. The zero-order chi connectivity index (χ0) is 13.6. The highest BCUT2D eigenvalue weighted by atomic mass is 32.2. The fourth-order valence-corrected chi connectivity index (χ4v) is 2.71. The van der Waals surface area contributed by atoms with Crippen LogP contribution in [-0.4, -0.2) is 58.8 Å². The molecule has 7 nitrogen and oxygen atoms in total. The van der Waals surface area contributed by atoms with Gasteiger partial charge in [0, 0.05) is 7.11 Å². The van der Waals surface area contributed by atoms with Gasteiger partial charge >= 0.3 is 0 Å². The summed E-state index contributed by atoms with van der Waals surface area (Å²) in [4.78, 5) is 0. The molecule has 0 aromatic heterocycles. The Labute approximate surface area is 106 Å². The molecule has 2 aliphatic rings. The molecule has 0 aromatic carbocycles. The fraction of sp³-hybridized carbons (Fsp3) is 1.00. The Morgan fingerprint density at radius 1 is 1.33 bits per heavy atom. The maximum Gasteiger partial charge on any atom is 0.264 e. The molecule has 2 heterocycles. The lowest BCUT2D eigenvalue weighted by atomic mass is 10.1. The van der Waals surface area contributed by atoms with Crippen molar-refractivity contribution in [1.82, 2.24) is 0 Å². The first-order valence-corrected chi connectivity index (χ1v) is 7.42. The van der Waals surface area contributed by atoms with Gasteiger partial charge in [0.2, 0.25) is 0 Å². The van der Waals surface area contributed by atoms with E-state index in [0.29, 0.717) is 6.61 Å². The van der Waals surface area contributed by atoms with Crippen LogP contribution in [0.5, 0.6) is 0 Å². The van der Waals surface area contributed by atoms with Crippen LogP contribution in [0.3, 0.4) is 0 Å². The summed E-state index contributed by atoms with van der Waals surface area (Å²) >= 11 is 0. The van der Waals surface area contributed by atoms with Crippen molar-refractivity contribution in [2.45, 2.75) is 44.2 Å². The Kier molecular flexibility index (Phi) is 3.69. The number of rotatable bonds is 3. The number of ether oxygens (including phenoxy) is 4. The van der Waals surface area contributed by atoms with Crippen molar-refractivity contribution >= 4 is 10.1 Å². The Morgan fingerprint density at radius 2 is 2.00 bits per heavy atom. The minimum atomic E-state index is -3.62. The molecule has 2 fully saturated rings. The lowest BCUT2D eigenvalue weighted by Crippen LogP contribution is -2.51. The topological polar surface area (TPSA) is 80.3 Å². The van der Waals surface area contributed by atoms with Gasteiger partial charge in [-0.25, -0.2) is 0 Å². The summed E-state index contributed by atoms with van der Waals surface area (Å²) in [7, 11) is -2.20. The second kappa shape index (κ2) is 4.69. The minimum absolute atomic E-state index is 0.307. The van der Waals surface area contributed by atoms with E-state index in [1.165, 1.54) is 7.11 Å². The average Bonchev–Trinajstić information content (AvgIpc) is 2.53. The van der Waals surface area contributed by atoms with Crippen LogP contribution in [0.2, 0.25) is 0 Å². The van der Waals surface area contributed by atoms with Gasteiger partial charge in [-0.1, -0.05) is 0 Å². The molecule has 0 aliphatic carbocycles. The van der Waals surface area contributed by atoms with Crippen molar-refractivity contribution in [2.24, 2.45) is 0 Å². The second-order valence-corrected chi connectivity index (χ2v) is 6.44. The standard InChI is InChI=1S/C10H18O7S/c1-10(2)14-5-6-7(16-10)8(9(13-3)15-6)17-18(4,11)12/h6-9H,5H2,1-4H3/t6-,7+,8-,9?/m1/s1. The molecule has 2 aliphatic heterocycles. The lowest BCUT2D eigenvalue weighted by molar-refractivity contribution is -0.299. The van der Waals surface area contributed by atoms with Crippen molar-refractivity contribution in [3.63, 3.8) is 0 Å². The minimum Gasteiger partial charge on any atom is -0.353 e. The normalized spacial score (nSPS) is 39.6. The van der Waals surface area contributed by atoms with E-state index in [9.17, 15) is 8.42 Å². The lowest BCUT2D eigenvalue weighted by Gasteiger charge is -2.38. The molecule has 2 rings (SSSR count). The summed E-state index contributed by atoms with van der Waals surface area (Å²) in [5, 5.41) is 0. The summed E-state index contributed by atoms with van der Waals surface area (Å²) < 4.78 is 49.2. The Bertz CT molecular complexity index is 404. The molecule has 0 radical (unpaired) electrons. The summed E-state index contributed by atoms with van der Waals surface area (Å²) in [5.41, 5.74) is 0. The van der Waals surface area contributed by atoms with Crippen LogP contribution in [0.25, 0.3) is 0 Å². The van der Waals surface area contributed by atoms with E-state index in [1.807, 2.05) is 0 Å². The molecule has 0 aromatic rings. The van der Waals surface area contributed by atoms with E-state index in [-0.39, 0.29) is 0 Å². The summed E-state index contributed by atoms with van der Waals surface area (Å²) in [5.74, 6) is -0.799. The number of hydrogen-bond donors (Lipinski definition) is 0. The zero-order valence-electron chi connectivity index (χ0n) is 10.8. The third kappa shape index (κ3) is 3.01. The summed E-state index contributed by atoms with van der Waals surface area (Å²) in [6.45, 7) is 3.81. The molecule has 4 atom stereocenters. The SMILES string of the molecule is COC1O[C@@H]2COC(C)(C)O[C@@H]2[C@H]1OS(C)(=O)=O. The van der Waals surface area contributed by atoms with Crippen LogP contribution in [0.4, 0.5) is 0 Å². The number of hydrogen-bond acceptors (Lipinski definition) is 7. The quantitative estimate of drug-likeness (QED) is 0.666. The average molecular weight is 282 g/mol. The van der Waals surface area contributed by atoms with Crippen molar-refractivity contribution < 1.29 is 31.5 Å². The third-order valence-electron chi connectivity index (χ3n) is 2.80. The molecule has 1 unspecified atom stereocenters. The van der Waals surface area contributed by atoms with Gasteiger partial charge in [-0.05, 0) is 13.8 Å². The van der Waals surface area contributed by atoms with Crippen molar-refractivity contribution in [1.29, 1.82) is 0 Å². The molecule has 0 bridgehead atoms. The molecule has 0 amide bonds. The first-order valence-electron chi connectivity index (χ1n) is 5.60. The predicted octanol–water partition coefficient (Wildman–Crippen LogP) is -0.146. The monoisotopic (exact) mass is 282 g/mol. The predicted molar refractivity (Wildman–Crippen MR) is 60.3 cm³/mol. The van der Waals surface area contributed by atoms with Gasteiger partial charge in [0.1, 0.15) is 12.2 Å². The van der Waals surface area contributed by atoms with Gasteiger partial charge in [0.05, 0.1) is 12.9 Å².